The van der Waals surface area contributed by atoms with E-state index >= 15 is 0 Å². The zero-order chi connectivity index (χ0) is 15.0. The third kappa shape index (κ3) is 2.54. The molecule has 0 unspecified atom stereocenters. The standard InChI is InChI=1S/C15H24N6/c1-19(2)13-12-10-16-21(11-8-6-5-7-9-11)14(12)18-15(17-13)20(3)4/h10-11H,5-9H2,1-4H3. The highest BCUT2D eigenvalue weighted by molar-refractivity contribution is 5.88. The molecule has 2 aromatic heterocycles. The minimum Gasteiger partial charge on any atom is -0.362 e. The second-order valence-corrected chi connectivity index (χ2v) is 6.25. The number of nitrogens with zero attached hydrogens (tertiary/aromatic N) is 6. The van der Waals surface area contributed by atoms with Crippen LogP contribution in [-0.2, 0) is 0 Å². The molecule has 21 heavy (non-hydrogen) atoms. The van der Waals surface area contributed by atoms with Crippen molar-refractivity contribution in [2.75, 3.05) is 38.0 Å². The summed E-state index contributed by atoms with van der Waals surface area (Å²) < 4.78 is 2.12. The van der Waals surface area contributed by atoms with Crippen molar-refractivity contribution in [3.8, 4) is 0 Å². The Morgan fingerprint density at radius 3 is 2.33 bits per heavy atom. The van der Waals surface area contributed by atoms with E-state index in [4.69, 9.17) is 4.98 Å². The lowest BCUT2D eigenvalue weighted by Gasteiger charge is -2.23. The van der Waals surface area contributed by atoms with E-state index in [2.05, 4.69) is 14.8 Å². The van der Waals surface area contributed by atoms with Crippen molar-refractivity contribution >= 4 is 22.8 Å². The Balaban J connectivity index is 2.14. The Kier molecular flexibility index (Phi) is 3.69. The summed E-state index contributed by atoms with van der Waals surface area (Å²) in [6.07, 6.45) is 8.25. The number of hydrogen-bond acceptors (Lipinski definition) is 5. The maximum atomic E-state index is 4.74. The van der Waals surface area contributed by atoms with Gasteiger partial charge in [0, 0.05) is 28.2 Å². The Labute approximate surface area is 125 Å². The van der Waals surface area contributed by atoms with Crippen molar-refractivity contribution < 1.29 is 0 Å². The monoisotopic (exact) mass is 288 g/mol. The van der Waals surface area contributed by atoms with Crippen molar-refractivity contribution in [2.45, 2.75) is 38.1 Å². The topological polar surface area (TPSA) is 50.1 Å². The fraction of sp³-hybridized carbons (Fsp3) is 0.667. The molecular weight excluding hydrogens is 264 g/mol. The van der Waals surface area contributed by atoms with Crippen LogP contribution >= 0.6 is 0 Å². The predicted molar refractivity (Wildman–Crippen MR) is 86.1 cm³/mol. The number of rotatable bonds is 3. The smallest absolute Gasteiger partial charge is 0.228 e. The lowest BCUT2D eigenvalue weighted by molar-refractivity contribution is 0.336. The van der Waals surface area contributed by atoms with Crippen molar-refractivity contribution in [1.29, 1.82) is 0 Å². The highest BCUT2D eigenvalue weighted by atomic mass is 15.3. The van der Waals surface area contributed by atoms with Gasteiger partial charge in [0.2, 0.25) is 5.95 Å². The average Bonchev–Trinajstić information content (AvgIpc) is 2.90. The molecule has 0 saturated heterocycles. The second-order valence-electron chi connectivity index (χ2n) is 6.25. The van der Waals surface area contributed by atoms with E-state index in [1.165, 1.54) is 32.1 Å². The summed E-state index contributed by atoms with van der Waals surface area (Å²) in [7, 11) is 7.97. The van der Waals surface area contributed by atoms with E-state index in [9.17, 15) is 0 Å². The summed E-state index contributed by atoms with van der Waals surface area (Å²) >= 11 is 0. The van der Waals surface area contributed by atoms with Crippen LogP contribution in [0.15, 0.2) is 6.20 Å². The van der Waals surface area contributed by atoms with Gasteiger partial charge in [0.05, 0.1) is 17.6 Å². The number of fused-ring (bicyclic) bond motifs is 1. The molecule has 0 radical (unpaired) electrons. The molecule has 1 aliphatic carbocycles. The first-order valence-electron chi connectivity index (χ1n) is 7.68. The van der Waals surface area contributed by atoms with E-state index in [1.54, 1.807) is 0 Å². The van der Waals surface area contributed by atoms with Gasteiger partial charge in [0.15, 0.2) is 5.65 Å². The molecule has 0 aliphatic heterocycles. The summed E-state index contributed by atoms with van der Waals surface area (Å²) in [5.74, 6) is 1.68. The molecule has 3 rings (SSSR count). The third-order valence-electron chi connectivity index (χ3n) is 4.17. The van der Waals surface area contributed by atoms with Crippen molar-refractivity contribution in [2.24, 2.45) is 0 Å². The third-order valence-corrected chi connectivity index (χ3v) is 4.17. The van der Waals surface area contributed by atoms with Gasteiger partial charge in [0.1, 0.15) is 5.82 Å². The molecule has 6 heteroatoms. The normalized spacial score (nSPS) is 16.4. The van der Waals surface area contributed by atoms with Crippen LogP contribution in [0.25, 0.3) is 11.0 Å². The second kappa shape index (κ2) is 5.50. The van der Waals surface area contributed by atoms with Gasteiger partial charge in [-0.3, -0.25) is 0 Å². The van der Waals surface area contributed by atoms with Gasteiger partial charge in [-0.05, 0) is 12.8 Å². The largest absolute Gasteiger partial charge is 0.362 e. The predicted octanol–water partition coefficient (Wildman–Crippen LogP) is 2.46. The molecule has 2 heterocycles. The Hall–Kier alpha value is -1.85. The molecule has 114 valence electrons. The van der Waals surface area contributed by atoms with Gasteiger partial charge in [-0.25, -0.2) is 4.68 Å². The van der Waals surface area contributed by atoms with Crippen molar-refractivity contribution in [1.82, 2.24) is 19.7 Å². The fourth-order valence-corrected chi connectivity index (χ4v) is 3.03. The van der Waals surface area contributed by atoms with E-state index < -0.39 is 0 Å². The van der Waals surface area contributed by atoms with E-state index in [1.807, 2.05) is 44.2 Å². The summed E-state index contributed by atoms with van der Waals surface area (Å²) in [5.41, 5.74) is 0.962. The molecule has 1 saturated carbocycles. The van der Waals surface area contributed by atoms with E-state index in [-0.39, 0.29) is 0 Å². The molecule has 0 atom stereocenters. The van der Waals surface area contributed by atoms with Gasteiger partial charge >= 0.3 is 0 Å². The molecule has 2 aromatic rings. The summed E-state index contributed by atoms with van der Waals surface area (Å²) in [4.78, 5) is 13.4. The summed E-state index contributed by atoms with van der Waals surface area (Å²) in [5, 5.41) is 5.67. The molecule has 0 spiro atoms. The van der Waals surface area contributed by atoms with Gasteiger partial charge in [-0.1, -0.05) is 19.3 Å². The fourth-order valence-electron chi connectivity index (χ4n) is 3.03. The Morgan fingerprint density at radius 1 is 1.00 bits per heavy atom. The Bertz CT molecular complexity index is 624. The van der Waals surface area contributed by atoms with Crippen LogP contribution in [0.3, 0.4) is 0 Å². The van der Waals surface area contributed by atoms with Crippen LogP contribution in [0.4, 0.5) is 11.8 Å². The first-order valence-corrected chi connectivity index (χ1v) is 7.68. The number of hydrogen-bond donors (Lipinski definition) is 0. The molecule has 0 bridgehead atoms. The zero-order valence-corrected chi connectivity index (χ0v) is 13.4. The minimum atomic E-state index is 0.483. The first kappa shape index (κ1) is 14.1. The van der Waals surface area contributed by atoms with Gasteiger partial charge < -0.3 is 9.80 Å². The van der Waals surface area contributed by atoms with Crippen LogP contribution in [0.2, 0.25) is 0 Å². The van der Waals surface area contributed by atoms with Crippen LogP contribution in [-0.4, -0.2) is 47.9 Å². The van der Waals surface area contributed by atoms with Gasteiger partial charge in [-0.15, -0.1) is 0 Å². The molecule has 0 N–H and O–H groups in total. The van der Waals surface area contributed by atoms with Gasteiger partial charge in [-0.2, -0.15) is 15.1 Å². The van der Waals surface area contributed by atoms with Crippen molar-refractivity contribution in [3.63, 3.8) is 0 Å². The van der Waals surface area contributed by atoms with Crippen LogP contribution in [0.5, 0.6) is 0 Å². The molecule has 6 nitrogen and oxygen atoms in total. The van der Waals surface area contributed by atoms with E-state index in [0.29, 0.717) is 6.04 Å². The molecule has 1 aliphatic rings. The first-order chi connectivity index (χ1) is 10.1. The highest BCUT2D eigenvalue weighted by Crippen LogP contribution is 2.32. The van der Waals surface area contributed by atoms with Gasteiger partial charge in [0.25, 0.3) is 0 Å². The molecular formula is C15H24N6. The lowest BCUT2D eigenvalue weighted by Crippen LogP contribution is -2.19. The highest BCUT2D eigenvalue weighted by Gasteiger charge is 2.21. The van der Waals surface area contributed by atoms with Crippen molar-refractivity contribution in [3.05, 3.63) is 6.20 Å². The number of aromatic nitrogens is 4. The van der Waals surface area contributed by atoms with E-state index in [0.717, 1.165) is 22.8 Å². The minimum absolute atomic E-state index is 0.483. The zero-order valence-electron chi connectivity index (χ0n) is 13.4. The van der Waals surface area contributed by atoms with Crippen LogP contribution < -0.4 is 9.80 Å². The van der Waals surface area contributed by atoms with Crippen LogP contribution in [0.1, 0.15) is 38.1 Å². The Morgan fingerprint density at radius 2 is 1.71 bits per heavy atom. The number of anilines is 2. The summed E-state index contributed by atoms with van der Waals surface area (Å²) in [6.45, 7) is 0. The molecule has 0 aromatic carbocycles. The quantitative estimate of drug-likeness (QED) is 0.868. The maximum Gasteiger partial charge on any atom is 0.228 e. The lowest BCUT2D eigenvalue weighted by atomic mass is 9.96. The average molecular weight is 288 g/mol. The van der Waals surface area contributed by atoms with Crippen LogP contribution in [0, 0.1) is 0 Å². The SMILES string of the molecule is CN(C)c1nc(N(C)C)c2cnn(C3CCCCC3)c2n1. The molecule has 1 fully saturated rings. The molecule has 0 amide bonds. The maximum absolute atomic E-state index is 4.74. The summed E-state index contributed by atoms with van der Waals surface area (Å²) in [6, 6.07) is 0.483.